The van der Waals surface area contributed by atoms with E-state index in [1.807, 2.05) is 12.1 Å². The number of ether oxygens (including phenoxy) is 2. The number of rotatable bonds is 1. The molecular formula is C24H31ClO4. The lowest BCUT2D eigenvalue weighted by molar-refractivity contribution is -0.344. The van der Waals surface area contributed by atoms with Crippen molar-refractivity contribution in [2.75, 3.05) is 0 Å². The van der Waals surface area contributed by atoms with Gasteiger partial charge in [-0.15, -0.1) is 0 Å². The van der Waals surface area contributed by atoms with E-state index in [2.05, 4.69) is 0 Å². The van der Waals surface area contributed by atoms with Gasteiger partial charge in [-0.05, 0) is 61.1 Å². The molecule has 4 aliphatic rings. The van der Waals surface area contributed by atoms with E-state index in [4.69, 9.17) is 21.1 Å². The molecule has 0 aromatic heterocycles. The van der Waals surface area contributed by atoms with E-state index in [0.717, 1.165) is 18.4 Å². The van der Waals surface area contributed by atoms with Crippen molar-refractivity contribution in [3.05, 3.63) is 28.8 Å². The summed E-state index contributed by atoms with van der Waals surface area (Å²) in [4.78, 5) is 11.9. The van der Waals surface area contributed by atoms with Crippen LogP contribution in [-0.4, -0.2) is 17.4 Å². The van der Waals surface area contributed by atoms with Crippen LogP contribution in [0.25, 0.3) is 0 Å². The second-order valence-electron chi connectivity index (χ2n) is 9.58. The van der Waals surface area contributed by atoms with E-state index < -0.39 is 17.9 Å². The van der Waals surface area contributed by atoms with E-state index in [1.165, 1.54) is 64.2 Å². The van der Waals surface area contributed by atoms with Gasteiger partial charge in [0.25, 0.3) is 6.29 Å². The van der Waals surface area contributed by atoms with Gasteiger partial charge in [0.1, 0.15) is 11.4 Å². The summed E-state index contributed by atoms with van der Waals surface area (Å²) in [6, 6.07) is 5.61. The molecule has 0 amide bonds. The van der Waals surface area contributed by atoms with Gasteiger partial charge in [-0.2, -0.15) is 0 Å². The summed E-state index contributed by atoms with van der Waals surface area (Å²) in [5.41, 5.74) is 0.700. The molecular weight excluding hydrogens is 388 g/mol. The van der Waals surface area contributed by atoms with Crippen molar-refractivity contribution in [1.29, 1.82) is 0 Å². The van der Waals surface area contributed by atoms with Crippen molar-refractivity contribution >= 4 is 17.6 Å². The predicted molar refractivity (Wildman–Crippen MR) is 111 cm³/mol. The molecule has 1 N–H and O–H groups in total. The summed E-state index contributed by atoms with van der Waals surface area (Å²) in [5, 5.41) is 10.5. The van der Waals surface area contributed by atoms with Gasteiger partial charge in [0.15, 0.2) is 0 Å². The lowest BCUT2D eigenvalue weighted by Crippen LogP contribution is -2.71. The Morgan fingerprint density at radius 2 is 1.59 bits per heavy atom. The zero-order chi connectivity index (χ0) is 20.1. The molecule has 158 valence electrons. The summed E-state index contributed by atoms with van der Waals surface area (Å²) >= 11 is 6.42. The Balaban J connectivity index is 1.66. The Hall–Kier alpha value is -1.26. The molecule has 3 atom stereocenters. The third-order valence-electron chi connectivity index (χ3n) is 8.29. The summed E-state index contributed by atoms with van der Waals surface area (Å²) in [7, 11) is 0. The van der Waals surface area contributed by atoms with Crippen LogP contribution in [-0.2, 0) is 15.1 Å². The van der Waals surface area contributed by atoms with Gasteiger partial charge in [0.05, 0.1) is 0 Å². The Labute approximate surface area is 177 Å². The van der Waals surface area contributed by atoms with E-state index in [1.54, 1.807) is 6.07 Å². The molecule has 0 bridgehead atoms. The first kappa shape index (κ1) is 19.7. The highest BCUT2D eigenvalue weighted by molar-refractivity contribution is 6.30. The van der Waals surface area contributed by atoms with Crippen LogP contribution in [0, 0.1) is 17.3 Å². The van der Waals surface area contributed by atoms with E-state index in [-0.39, 0.29) is 5.41 Å². The van der Waals surface area contributed by atoms with Crippen LogP contribution in [0.3, 0.4) is 0 Å². The van der Waals surface area contributed by atoms with Gasteiger partial charge in [-0.1, -0.05) is 63.0 Å². The van der Waals surface area contributed by atoms with Crippen LogP contribution in [0.4, 0.5) is 0 Å². The van der Waals surface area contributed by atoms with Gasteiger partial charge in [0.2, 0.25) is 0 Å². The van der Waals surface area contributed by atoms with Gasteiger partial charge in [0, 0.05) is 10.6 Å². The fraction of sp³-hybridized carbons (Fsp3) is 0.708. The van der Waals surface area contributed by atoms with Crippen LogP contribution in [0.2, 0.25) is 5.02 Å². The number of fused-ring (bicyclic) bond motifs is 4. The van der Waals surface area contributed by atoms with Crippen molar-refractivity contribution in [1.82, 2.24) is 0 Å². The second kappa shape index (κ2) is 7.46. The van der Waals surface area contributed by atoms with Crippen molar-refractivity contribution < 1.29 is 19.4 Å². The lowest BCUT2D eigenvalue weighted by atomic mass is 9.37. The van der Waals surface area contributed by atoms with Crippen LogP contribution in [0.15, 0.2) is 18.2 Å². The largest absolute Gasteiger partial charge is 0.477 e. The third kappa shape index (κ3) is 2.93. The summed E-state index contributed by atoms with van der Waals surface area (Å²) < 4.78 is 12.3. The standard InChI is InChI=1S/C24H31ClO4/c25-16-11-12-18-17(15-16)24(29-22(28-18)21(26)27)19-9-5-1-3-7-13-23(19)14-8-4-2-6-10-20(23)24/h11-12,15,19-20,22H,1-10,13-14H2,(H,26,27). The zero-order valence-corrected chi connectivity index (χ0v) is 17.8. The Kier molecular flexibility index (Phi) is 5.06. The lowest BCUT2D eigenvalue weighted by Gasteiger charge is -2.71. The van der Waals surface area contributed by atoms with Crippen LogP contribution in [0.5, 0.6) is 5.75 Å². The maximum absolute atomic E-state index is 11.9. The monoisotopic (exact) mass is 418 g/mol. The highest BCUT2D eigenvalue weighted by Gasteiger charge is 2.72. The summed E-state index contributed by atoms with van der Waals surface area (Å²) in [6.45, 7) is 0. The zero-order valence-electron chi connectivity index (χ0n) is 17.0. The molecule has 29 heavy (non-hydrogen) atoms. The SMILES string of the molecule is O=C(O)C1Oc2ccc(Cl)cc2C2(O1)C1CCCCCCC13CCCCCCC32. The highest BCUT2D eigenvalue weighted by Crippen LogP contribution is 2.74. The van der Waals surface area contributed by atoms with Crippen LogP contribution >= 0.6 is 11.6 Å². The molecule has 5 rings (SSSR count). The molecule has 1 heterocycles. The van der Waals surface area contributed by atoms with E-state index in [9.17, 15) is 9.90 Å². The Morgan fingerprint density at radius 3 is 2.21 bits per heavy atom. The number of hydrogen-bond donors (Lipinski definition) is 1. The summed E-state index contributed by atoms with van der Waals surface area (Å²) in [6.07, 6.45) is 13.6. The fourth-order valence-electron chi connectivity index (χ4n) is 7.31. The van der Waals surface area contributed by atoms with Crippen LogP contribution < -0.4 is 4.74 Å². The molecule has 0 saturated heterocycles. The average Bonchev–Trinajstić information content (AvgIpc) is 2.67. The molecule has 1 aromatic rings. The fourth-order valence-corrected chi connectivity index (χ4v) is 7.48. The smallest absolute Gasteiger partial charge is 0.373 e. The molecule has 2 spiro atoms. The topological polar surface area (TPSA) is 55.8 Å². The van der Waals surface area contributed by atoms with Crippen LogP contribution in [0.1, 0.15) is 82.6 Å². The molecule has 0 radical (unpaired) electrons. The van der Waals surface area contributed by atoms with Gasteiger partial charge in [-0.25, -0.2) is 4.79 Å². The molecule has 4 nitrogen and oxygen atoms in total. The molecule has 1 aromatic carbocycles. The summed E-state index contributed by atoms with van der Waals surface area (Å²) in [5.74, 6) is 0.299. The van der Waals surface area contributed by atoms with Crippen molar-refractivity contribution in [2.24, 2.45) is 17.3 Å². The Morgan fingerprint density at radius 1 is 0.966 bits per heavy atom. The predicted octanol–water partition coefficient (Wildman–Crippen LogP) is 6.30. The quantitative estimate of drug-likeness (QED) is 0.581. The first-order valence-electron chi connectivity index (χ1n) is 11.5. The maximum Gasteiger partial charge on any atom is 0.373 e. The third-order valence-corrected chi connectivity index (χ3v) is 8.53. The number of benzene rings is 1. The maximum atomic E-state index is 11.9. The minimum atomic E-state index is -1.24. The van der Waals surface area contributed by atoms with Crippen molar-refractivity contribution in [3.8, 4) is 5.75 Å². The number of aliphatic carboxylic acids is 1. The first-order chi connectivity index (χ1) is 14.1. The normalized spacial score (nSPS) is 39.3. The number of hydrogen-bond acceptors (Lipinski definition) is 3. The van der Waals surface area contributed by atoms with Crippen molar-refractivity contribution in [2.45, 2.75) is 88.9 Å². The highest BCUT2D eigenvalue weighted by atomic mass is 35.5. The first-order valence-corrected chi connectivity index (χ1v) is 11.8. The molecule has 3 saturated carbocycles. The van der Waals surface area contributed by atoms with Gasteiger partial charge >= 0.3 is 5.97 Å². The average molecular weight is 419 g/mol. The minimum absolute atomic E-state index is 0.279. The number of halogens is 1. The molecule has 1 aliphatic heterocycles. The van der Waals surface area contributed by atoms with Gasteiger partial charge in [-0.3, -0.25) is 0 Å². The van der Waals surface area contributed by atoms with E-state index in [0.29, 0.717) is 22.6 Å². The van der Waals surface area contributed by atoms with Gasteiger partial charge < -0.3 is 14.6 Å². The number of carboxylic acids is 1. The Bertz CT molecular complexity index is 765. The molecule has 3 unspecified atom stereocenters. The number of carboxylic acid groups (broad SMARTS) is 1. The molecule has 3 fully saturated rings. The second-order valence-corrected chi connectivity index (χ2v) is 10.0. The molecule has 5 heteroatoms. The molecule has 3 aliphatic carbocycles. The van der Waals surface area contributed by atoms with Crippen molar-refractivity contribution in [3.63, 3.8) is 0 Å². The number of carbonyl (C=O) groups is 1. The minimum Gasteiger partial charge on any atom is -0.477 e. The van der Waals surface area contributed by atoms with E-state index >= 15 is 0 Å².